The van der Waals surface area contributed by atoms with Crippen LogP contribution in [0.3, 0.4) is 0 Å². The molecule has 2 heteroatoms. The molecule has 2 unspecified atom stereocenters. The standard InChI is InChI=1S/C11H20N2/c1-10-7-12-8-11(10)9-13-5-3-2-4-6-13/h2-3,10-12H,4-9H2,1H3. The Balaban J connectivity index is 1.79. The molecule has 2 rings (SSSR count). The summed E-state index contributed by atoms with van der Waals surface area (Å²) in [5, 5.41) is 3.47. The van der Waals surface area contributed by atoms with E-state index in [1.807, 2.05) is 0 Å². The summed E-state index contributed by atoms with van der Waals surface area (Å²) in [6.07, 6.45) is 5.85. The Bertz CT molecular complexity index is 189. The third-order valence-electron chi connectivity index (χ3n) is 3.31. The number of rotatable bonds is 2. The Labute approximate surface area is 81.0 Å². The largest absolute Gasteiger partial charge is 0.316 e. The van der Waals surface area contributed by atoms with Gasteiger partial charge in [-0.25, -0.2) is 0 Å². The topological polar surface area (TPSA) is 15.3 Å². The fourth-order valence-electron chi connectivity index (χ4n) is 2.30. The van der Waals surface area contributed by atoms with E-state index in [4.69, 9.17) is 0 Å². The van der Waals surface area contributed by atoms with Crippen molar-refractivity contribution in [3.63, 3.8) is 0 Å². The highest BCUT2D eigenvalue weighted by Crippen LogP contribution is 2.17. The van der Waals surface area contributed by atoms with Gasteiger partial charge in [0.25, 0.3) is 0 Å². The average molecular weight is 180 g/mol. The molecule has 2 aliphatic rings. The summed E-state index contributed by atoms with van der Waals surface area (Å²) in [5.74, 6) is 1.75. The van der Waals surface area contributed by atoms with Crippen LogP contribution in [0.5, 0.6) is 0 Å². The summed E-state index contributed by atoms with van der Waals surface area (Å²) in [4.78, 5) is 2.58. The highest BCUT2D eigenvalue weighted by atomic mass is 15.1. The van der Waals surface area contributed by atoms with Crippen LogP contribution < -0.4 is 5.32 Å². The molecule has 2 nitrogen and oxygen atoms in total. The fourth-order valence-corrected chi connectivity index (χ4v) is 2.30. The lowest BCUT2D eigenvalue weighted by molar-refractivity contribution is 0.235. The van der Waals surface area contributed by atoms with E-state index in [-0.39, 0.29) is 0 Å². The molecule has 0 aliphatic carbocycles. The summed E-state index contributed by atoms with van der Waals surface area (Å²) >= 11 is 0. The molecule has 0 radical (unpaired) electrons. The summed E-state index contributed by atoms with van der Waals surface area (Å²) in [6.45, 7) is 8.53. The smallest absolute Gasteiger partial charge is 0.0163 e. The SMILES string of the molecule is CC1CNCC1CN1CC=CCC1. The molecule has 1 N–H and O–H groups in total. The first-order chi connectivity index (χ1) is 6.36. The average Bonchev–Trinajstić information content (AvgIpc) is 2.54. The molecule has 13 heavy (non-hydrogen) atoms. The van der Waals surface area contributed by atoms with Gasteiger partial charge in [0.1, 0.15) is 0 Å². The van der Waals surface area contributed by atoms with Crippen LogP contribution in [0.2, 0.25) is 0 Å². The minimum atomic E-state index is 0.867. The van der Waals surface area contributed by atoms with Gasteiger partial charge < -0.3 is 5.32 Å². The lowest BCUT2D eigenvalue weighted by Gasteiger charge is -2.27. The zero-order valence-corrected chi connectivity index (χ0v) is 8.50. The van der Waals surface area contributed by atoms with Crippen molar-refractivity contribution < 1.29 is 0 Å². The van der Waals surface area contributed by atoms with Crippen LogP contribution in [0.4, 0.5) is 0 Å². The minimum absolute atomic E-state index is 0.867. The predicted octanol–water partition coefficient (Wildman–Crippen LogP) is 1.10. The van der Waals surface area contributed by atoms with Crippen molar-refractivity contribution in [2.75, 3.05) is 32.7 Å². The Kier molecular flexibility index (Phi) is 3.01. The van der Waals surface area contributed by atoms with E-state index in [0.29, 0.717) is 0 Å². The number of hydrogen-bond donors (Lipinski definition) is 1. The number of nitrogens with one attached hydrogen (secondary N) is 1. The van der Waals surface area contributed by atoms with Gasteiger partial charge in [0.05, 0.1) is 0 Å². The Morgan fingerprint density at radius 1 is 1.38 bits per heavy atom. The third-order valence-corrected chi connectivity index (χ3v) is 3.31. The fraction of sp³-hybridized carbons (Fsp3) is 0.818. The van der Waals surface area contributed by atoms with Crippen molar-refractivity contribution in [2.45, 2.75) is 13.3 Å². The molecule has 0 saturated carbocycles. The van der Waals surface area contributed by atoms with Crippen LogP contribution in [0.25, 0.3) is 0 Å². The number of hydrogen-bond acceptors (Lipinski definition) is 2. The monoisotopic (exact) mass is 180 g/mol. The van der Waals surface area contributed by atoms with E-state index in [1.165, 1.54) is 39.1 Å². The van der Waals surface area contributed by atoms with Crippen LogP contribution in [0.1, 0.15) is 13.3 Å². The molecule has 74 valence electrons. The van der Waals surface area contributed by atoms with Crippen molar-refractivity contribution in [2.24, 2.45) is 11.8 Å². The van der Waals surface area contributed by atoms with Crippen LogP contribution in [0.15, 0.2) is 12.2 Å². The molecule has 2 atom stereocenters. The summed E-state index contributed by atoms with van der Waals surface area (Å²) in [7, 11) is 0. The maximum absolute atomic E-state index is 3.47. The van der Waals surface area contributed by atoms with Gasteiger partial charge in [-0.05, 0) is 31.3 Å². The lowest BCUT2D eigenvalue weighted by Crippen LogP contribution is -2.34. The van der Waals surface area contributed by atoms with Gasteiger partial charge in [-0.2, -0.15) is 0 Å². The molecule has 0 amide bonds. The third kappa shape index (κ3) is 2.32. The zero-order valence-electron chi connectivity index (χ0n) is 8.50. The molecule has 0 aromatic carbocycles. The molecule has 0 spiro atoms. The molecule has 0 aromatic rings. The highest BCUT2D eigenvalue weighted by Gasteiger charge is 2.24. The van der Waals surface area contributed by atoms with Crippen LogP contribution in [-0.2, 0) is 0 Å². The zero-order chi connectivity index (χ0) is 9.10. The normalized spacial score (nSPS) is 35.5. The Morgan fingerprint density at radius 2 is 2.31 bits per heavy atom. The van der Waals surface area contributed by atoms with Crippen molar-refractivity contribution in [3.8, 4) is 0 Å². The van der Waals surface area contributed by atoms with Crippen molar-refractivity contribution in [1.29, 1.82) is 0 Å². The van der Waals surface area contributed by atoms with Crippen LogP contribution in [0, 0.1) is 11.8 Å². The molecule has 1 saturated heterocycles. The summed E-state index contributed by atoms with van der Waals surface area (Å²) in [5.41, 5.74) is 0. The van der Waals surface area contributed by atoms with Crippen molar-refractivity contribution in [3.05, 3.63) is 12.2 Å². The van der Waals surface area contributed by atoms with Gasteiger partial charge in [-0.1, -0.05) is 19.1 Å². The van der Waals surface area contributed by atoms with E-state index >= 15 is 0 Å². The van der Waals surface area contributed by atoms with Crippen LogP contribution in [-0.4, -0.2) is 37.6 Å². The number of nitrogens with zero attached hydrogens (tertiary/aromatic N) is 1. The molecule has 0 aromatic heterocycles. The van der Waals surface area contributed by atoms with Gasteiger partial charge in [0.15, 0.2) is 0 Å². The highest BCUT2D eigenvalue weighted by molar-refractivity contribution is 4.92. The maximum atomic E-state index is 3.47. The van der Waals surface area contributed by atoms with Gasteiger partial charge >= 0.3 is 0 Å². The van der Waals surface area contributed by atoms with E-state index < -0.39 is 0 Å². The van der Waals surface area contributed by atoms with Crippen LogP contribution >= 0.6 is 0 Å². The second-order valence-corrected chi connectivity index (χ2v) is 4.42. The van der Waals surface area contributed by atoms with E-state index in [1.54, 1.807) is 0 Å². The first kappa shape index (κ1) is 9.22. The Hall–Kier alpha value is -0.340. The van der Waals surface area contributed by atoms with Gasteiger partial charge in [0.2, 0.25) is 0 Å². The summed E-state index contributed by atoms with van der Waals surface area (Å²) < 4.78 is 0. The van der Waals surface area contributed by atoms with E-state index in [0.717, 1.165) is 11.8 Å². The molecular formula is C11H20N2. The van der Waals surface area contributed by atoms with E-state index in [2.05, 4.69) is 29.3 Å². The first-order valence-electron chi connectivity index (χ1n) is 5.44. The first-order valence-corrected chi connectivity index (χ1v) is 5.44. The second-order valence-electron chi connectivity index (χ2n) is 4.42. The van der Waals surface area contributed by atoms with Crippen molar-refractivity contribution in [1.82, 2.24) is 10.2 Å². The molecule has 0 bridgehead atoms. The minimum Gasteiger partial charge on any atom is -0.316 e. The second kappa shape index (κ2) is 4.25. The van der Waals surface area contributed by atoms with Crippen molar-refractivity contribution >= 4 is 0 Å². The summed E-state index contributed by atoms with van der Waals surface area (Å²) in [6, 6.07) is 0. The van der Waals surface area contributed by atoms with E-state index in [9.17, 15) is 0 Å². The predicted molar refractivity (Wildman–Crippen MR) is 55.7 cm³/mol. The molecule has 1 fully saturated rings. The van der Waals surface area contributed by atoms with Gasteiger partial charge in [-0.15, -0.1) is 0 Å². The van der Waals surface area contributed by atoms with Gasteiger partial charge in [-0.3, -0.25) is 4.90 Å². The Morgan fingerprint density at radius 3 is 2.92 bits per heavy atom. The molecular weight excluding hydrogens is 160 g/mol. The molecule has 2 aliphatic heterocycles. The quantitative estimate of drug-likeness (QED) is 0.640. The van der Waals surface area contributed by atoms with Gasteiger partial charge in [0, 0.05) is 19.6 Å². The molecule has 2 heterocycles. The maximum Gasteiger partial charge on any atom is 0.0163 e. The lowest BCUT2D eigenvalue weighted by atomic mass is 9.97.